The Bertz CT molecular complexity index is 1230. The number of primary amides is 1. The van der Waals surface area contributed by atoms with Crippen LogP contribution in [0.15, 0.2) is 33.1 Å². The van der Waals surface area contributed by atoms with Crippen LogP contribution in [0, 0.1) is 11.6 Å². The minimum atomic E-state index is -1.03. The summed E-state index contributed by atoms with van der Waals surface area (Å²) in [6.07, 6.45) is 1.13. The third kappa shape index (κ3) is 8.05. The molecular formula is C24H32Cl3F2N5O4. The van der Waals surface area contributed by atoms with Crippen LogP contribution in [0.2, 0.25) is 0 Å². The molecule has 0 atom stereocenters. The Morgan fingerprint density at radius 2 is 1.68 bits per heavy atom. The van der Waals surface area contributed by atoms with E-state index in [0.717, 1.165) is 51.8 Å². The Labute approximate surface area is 237 Å². The number of carbonyl (C=O) groups is 2. The lowest BCUT2D eigenvalue weighted by Crippen LogP contribution is -2.46. The van der Waals surface area contributed by atoms with E-state index in [4.69, 9.17) is 14.6 Å². The molecule has 3 aromatic rings. The first-order valence-electron chi connectivity index (χ1n) is 11.4. The molecule has 1 fully saturated rings. The average molecular weight is 599 g/mol. The minimum absolute atomic E-state index is 0. The van der Waals surface area contributed by atoms with Crippen molar-refractivity contribution < 1.29 is 27.2 Å². The van der Waals surface area contributed by atoms with E-state index < -0.39 is 29.2 Å². The molecule has 2 amide bonds. The van der Waals surface area contributed by atoms with Crippen LogP contribution in [-0.4, -0.2) is 79.9 Å². The zero-order chi connectivity index (χ0) is 25.1. The van der Waals surface area contributed by atoms with E-state index in [1.54, 1.807) is 6.07 Å². The lowest BCUT2D eigenvalue weighted by molar-refractivity contribution is 0.0976. The summed E-state index contributed by atoms with van der Waals surface area (Å²) >= 11 is 0. The van der Waals surface area contributed by atoms with Gasteiger partial charge in [0.1, 0.15) is 17.3 Å². The topological polar surface area (TPSA) is 108 Å². The summed E-state index contributed by atoms with van der Waals surface area (Å²) in [5.41, 5.74) is 4.72. The highest BCUT2D eigenvalue weighted by Gasteiger charge is 2.25. The van der Waals surface area contributed by atoms with Crippen LogP contribution in [0.25, 0.3) is 11.0 Å². The van der Waals surface area contributed by atoms with Gasteiger partial charge in [0.05, 0.1) is 11.9 Å². The summed E-state index contributed by atoms with van der Waals surface area (Å²) in [6.45, 7) is 6.42. The molecular weight excluding hydrogens is 567 g/mol. The Morgan fingerprint density at radius 3 is 2.32 bits per heavy atom. The van der Waals surface area contributed by atoms with E-state index in [1.807, 2.05) is 0 Å². The monoisotopic (exact) mass is 597 g/mol. The molecule has 1 aromatic carbocycles. The van der Waals surface area contributed by atoms with Crippen molar-refractivity contribution in [2.45, 2.75) is 13.0 Å². The molecule has 0 spiro atoms. The van der Waals surface area contributed by atoms with Gasteiger partial charge in [-0.2, -0.15) is 0 Å². The van der Waals surface area contributed by atoms with E-state index in [2.05, 4.69) is 34.1 Å². The van der Waals surface area contributed by atoms with Gasteiger partial charge in [-0.25, -0.2) is 8.78 Å². The maximum atomic E-state index is 14.1. The second kappa shape index (κ2) is 14.7. The van der Waals surface area contributed by atoms with E-state index in [-0.39, 0.29) is 59.6 Å². The molecule has 14 heteroatoms. The number of hydrogen-bond acceptors (Lipinski definition) is 7. The summed E-state index contributed by atoms with van der Waals surface area (Å²) in [7, 11) is 4.15. The van der Waals surface area contributed by atoms with Crippen LogP contribution >= 0.6 is 37.2 Å². The summed E-state index contributed by atoms with van der Waals surface area (Å²) in [4.78, 5) is 31.4. The second-order valence-corrected chi connectivity index (χ2v) is 8.93. The highest BCUT2D eigenvalue weighted by atomic mass is 35.5. The zero-order valence-corrected chi connectivity index (χ0v) is 23.4. The van der Waals surface area contributed by atoms with Crippen LogP contribution in [0.3, 0.4) is 0 Å². The van der Waals surface area contributed by atoms with Gasteiger partial charge in [0.15, 0.2) is 17.2 Å². The maximum absolute atomic E-state index is 14.1. The van der Waals surface area contributed by atoms with E-state index in [1.165, 1.54) is 6.07 Å². The van der Waals surface area contributed by atoms with Gasteiger partial charge in [-0.15, -0.1) is 37.2 Å². The third-order valence-corrected chi connectivity index (χ3v) is 5.98. The Balaban J connectivity index is 0.00000241. The number of amides is 2. The van der Waals surface area contributed by atoms with Gasteiger partial charge in [0.25, 0.3) is 11.8 Å². The second-order valence-electron chi connectivity index (χ2n) is 8.93. The molecule has 9 nitrogen and oxygen atoms in total. The number of piperazine rings is 1. The van der Waals surface area contributed by atoms with Crippen LogP contribution in [0.1, 0.15) is 33.3 Å². The number of furan rings is 2. The highest BCUT2D eigenvalue weighted by Crippen LogP contribution is 2.33. The van der Waals surface area contributed by atoms with Crippen molar-refractivity contribution in [2.24, 2.45) is 5.73 Å². The van der Waals surface area contributed by atoms with Crippen molar-refractivity contribution >= 4 is 65.7 Å². The SMILES string of the molecule is CN(C)CCCN1CCN(Cc2ccc(C(=O)Nc3c(C(N)=O)oc4c(F)cc(F)cc34)o2)CC1.Cl.Cl.Cl. The van der Waals surface area contributed by atoms with Crippen LogP contribution in [-0.2, 0) is 6.54 Å². The van der Waals surface area contributed by atoms with Crippen LogP contribution in [0.5, 0.6) is 0 Å². The first-order valence-corrected chi connectivity index (χ1v) is 11.4. The van der Waals surface area contributed by atoms with Gasteiger partial charge < -0.3 is 29.7 Å². The van der Waals surface area contributed by atoms with Crippen molar-refractivity contribution in [1.82, 2.24) is 14.7 Å². The van der Waals surface area contributed by atoms with Gasteiger partial charge in [0.2, 0.25) is 5.76 Å². The molecule has 0 unspecified atom stereocenters. The quantitative estimate of drug-likeness (QED) is 0.384. The number of fused-ring (bicyclic) bond motifs is 1. The maximum Gasteiger partial charge on any atom is 0.291 e. The molecule has 2 aromatic heterocycles. The average Bonchev–Trinajstić information content (AvgIpc) is 3.40. The Morgan fingerprint density at radius 1 is 1.03 bits per heavy atom. The first-order chi connectivity index (χ1) is 16.7. The molecule has 0 aliphatic carbocycles. The fourth-order valence-corrected chi connectivity index (χ4v) is 4.18. The number of carbonyl (C=O) groups excluding carboxylic acids is 2. The number of hydrogen-bond donors (Lipinski definition) is 2. The molecule has 38 heavy (non-hydrogen) atoms. The summed E-state index contributed by atoms with van der Waals surface area (Å²) in [5, 5.41) is 2.34. The summed E-state index contributed by atoms with van der Waals surface area (Å²) < 4.78 is 38.7. The van der Waals surface area contributed by atoms with Gasteiger partial charge >= 0.3 is 0 Å². The zero-order valence-electron chi connectivity index (χ0n) is 21.0. The van der Waals surface area contributed by atoms with Gasteiger partial charge in [-0.1, -0.05) is 0 Å². The number of nitrogens with one attached hydrogen (secondary N) is 1. The lowest BCUT2D eigenvalue weighted by atomic mass is 10.2. The standard InChI is InChI=1S/C24H29F2N5O4.3ClH/c1-29(2)6-3-7-30-8-10-31(11-9-30)14-16-4-5-19(34-16)24(33)28-20-17-12-15(25)13-18(26)21(17)35-22(20)23(27)32;;;/h4-5,12-13H,3,6-11,14H2,1-2H3,(H2,27,32)(H,28,33);3*1H. The lowest BCUT2D eigenvalue weighted by Gasteiger charge is -2.34. The number of rotatable bonds is 9. The summed E-state index contributed by atoms with van der Waals surface area (Å²) in [5.74, 6) is -3.51. The molecule has 1 saturated heterocycles. The predicted molar refractivity (Wildman–Crippen MR) is 148 cm³/mol. The summed E-state index contributed by atoms with van der Waals surface area (Å²) in [6, 6.07) is 4.79. The highest BCUT2D eigenvalue weighted by molar-refractivity contribution is 6.13. The van der Waals surface area contributed by atoms with Crippen molar-refractivity contribution in [1.29, 1.82) is 0 Å². The van der Waals surface area contributed by atoms with Gasteiger partial charge in [-0.3, -0.25) is 14.5 Å². The normalized spacial score (nSPS) is 14.0. The number of nitrogens with zero attached hydrogens (tertiary/aromatic N) is 3. The van der Waals surface area contributed by atoms with E-state index in [9.17, 15) is 18.4 Å². The smallest absolute Gasteiger partial charge is 0.291 e. The third-order valence-electron chi connectivity index (χ3n) is 5.98. The molecule has 3 heterocycles. The molecule has 1 aliphatic rings. The van der Waals surface area contributed by atoms with E-state index in [0.29, 0.717) is 18.4 Å². The Kier molecular flexibility index (Phi) is 13.0. The van der Waals surface area contributed by atoms with Crippen molar-refractivity contribution in [3.8, 4) is 0 Å². The molecule has 4 rings (SSSR count). The fraction of sp³-hybridized carbons (Fsp3) is 0.417. The molecule has 1 aliphatic heterocycles. The number of halogens is 5. The Hall–Kier alpha value is -2.41. The van der Waals surface area contributed by atoms with Crippen LogP contribution in [0.4, 0.5) is 14.5 Å². The molecule has 212 valence electrons. The van der Waals surface area contributed by atoms with Crippen LogP contribution < -0.4 is 11.1 Å². The molecule has 3 N–H and O–H groups in total. The van der Waals surface area contributed by atoms with Gasteiger partial charge in [-0.05, 0) is 51.8 Å². The fourth-order valence-electron chi connectivity index (χ4n) is 4.18. The number of benzene rings is 1. The minimum Gasteiger partial charge on any atom is -0.455 e. The van der Waals surface area contributed by atoms with E-state index >= 15 is 0 Å². The molecule has 0 radical (unpaired) electrons. The molecule has 0 saturated carbocycles. The number of nitrogens with two attached hydrogens (primary N) is 1. The van der Waals surface area contributed by atoms with Crippen molar-refractivity contribution in [2.75, 3.05) is 58.7 Å². The number of anilines is 1. The molecule has 0 bridgehead atoms. The largest absolute Gasteiger partial charge is 0.455 e. The first kappa shape index (κ1) is 33.6. The van der Waals surface area contributed by atoms with Crippen molar-refractivity contribution in [3.05, 3.63) is 53.2 Å². The van der Waals surface area contributed by atoms with Crippen molar-refractivity contribution in [3.63, 3.8) is 0 Å². The predicted octanol–water partition coefficient (Wildman–Crippen LogP) is 3.99. The van der Waals surface area contributed by atoms with Gasteiger partial charge in [0, 0.05) is 32.2 Å².